The molecule has 0 aliphatic carbocycles. The molecule has 24 heavy (non-hydrogen) atoms. The van der Waals surface area contributed by atoms with Crippen molar-refractivity contribution in [2.75, 3.05) is 0 Å². The predicted octanol–water partition coefficient (Wildman–Crippen LogP) is 5.15. The molecule has 0 unspecified atom stereocenters. The lowest BCUT2D eigenvalue weighted by Gasteiger charge is -2.07. The molecule has 0 spiro atoms. The molecule has 5 heteroatoms. The first-order valence-electron chi connectivity index (χ1n) is 7.36. The number of rotatable bonds is 2. The van der Waals surface area contributed by atoms with Crippen LogP contribution >= 0.6 is 11.6 Å². The molecular formula is C19H11ClFN3. The Bertz CT molecular complexity index is 1030. The number of nitrogens with zero attached hydrogens (tertiary/aromatic N) is 3. The van der Waals surface area contributed by atoms with Crippen molar-refractivity contribution in [3.63, 3.8) is 0 Å². The Morgan fingerprint density at radius 2 is 1.42 bits per heavy atom. The second-order valence-electron chi connectivity index (χ2n) is 5.29. The average molecular weight is 336 g/mol. The molecule has 1 heterocycles. The van der Waals surface area contributed by atoms with Gasteiger partial charge in [-0.3, -0.25) is 0 Å². The van der Waals surface area contributed by atoms with Crippen LogP contribution in [0.15, 0.2) is 66.7 Å². The summed E-state index contributed by atoms with van der Waals surface area (Å²) in [7, 11) is 0. The van der Waals surface area contributed by atoms with Crippen LogP contribution in [0.5, 0.6) is 0 Å². The molecule has 116 valence electrons. The molecule has 0 bridgehead atoms. The molecule has 3 aromatic carbocycles. The van der Waals surface area contributed by atoms with Crippen LogP contribution in [0.1, 0.15) is 0 Å². The monoisotopic (exact) mass is 335 g/mol. The van der Waals surface area contributed by atoms with Crippen molar-refractivity contribution in [2.45, 2.75) is 0 Å². The first-order chi connectivity index (χ1) is 11.7. The van der Waals surface area contributed by atoms with Gasteiger partial charge in [0, 0.05) is 11.1 Å². The van der Waals surface area contributed by atoms with Gasteiger partial charge in [0.05, 0.1) is 0 Å². The summed E-state index contributed by atoms with van der Waals surface area (Å²) < 4.78 is 13.1. The van der Waals surface area contributed by atoms with E-state index in [0.29, 0.717) is 17.2 Å². The largest absolute Gasteiger partial charge is 0.226 e. The Labute approximate surface area is 142 Å². The molecule has 4 aromatic rings. The highest BCUT2D eigenvalue weighted by Crippen LogP contribution is 2.28. The summed E-state index contributed by atoms with van der Waals surface area (Å²) >= 11 is 6.10. The summed E-state index contributed by atoms with van der Waals surface area (Å²) in [5.74, 6) is 0.595. The first-order valence-corrected chi connectivity index (χ1v) is 7.74. The Hall–Kier alpha value is -2.85. The fourth-order valence-electron chi connectivity index (χ4n) is 2.62. The van der Waals surface area contributed by atoms with Gasteiger partial charge in [-0.15, -0.1) is 0 Å². The molecule has 4 rings (SSSR count). The third-order valence-electron chi connectivity index (χ3n) is 3.74. The number of fused-ring (bicyclic) bond motifs is 1. The zero-order valence-corrected chi connectivity index (χ0v) is 13.2. The van der Waals surface area contributed by atoms with E-state index in [-0.39, 0.29) is 11.1 Å². The smallest absolute Gasteiger partial charge is 0.208 e. The van der Waals surface area contributed by atoms with Gasteiger partial charge >= 0.3 is 0 Å². The summed E-state index contributed by atoms with van der Waals surface area (Å²) in [6.45, 7) is 0. The first kappa shape index (κ1) is 14.7. The zero-order valence-electron chi connectivity index (χ0n) is 12.4. The molecule has 0 atom stereocenters. The highest BCUT2D eigenvalue weighted by atomic mass is 35.5. The van der Waals surface area contributed by atoms with Gasteiger partial charge in [0.25, 0.3) is 0 Å². The quantitative estimate of drug-likeness (QED) is 0.508. The van der Waals surface area contributed by atoms with Gasteiger partial charge in [0.2, 0.25) is 5.28 Å². The van der Waals surface area contributed by atoms with Crippen molar-refractivity contribution in [3.05, 3.63) is 77.8 Å². The van der Waals surface area contributed by atoms with Crippen LogP contribution in [0, 0.1) is 5.82 Å². The van der Waals surface area contributed by atoms with Crippen LogP contribution < -0.4 is 0 Å². The normalized spacial score (nSPS) is 10.9. The highest BCUT2D eigenvalue weighted by molar-refractivity contribution is 6.28. The molecule has 0 amide bonds. The van der Waals surface area contributed by atoms with E-state index < -0.39 is 0 Å². The SMILES string of the molecule is Fc1ccc(-c2nc(Cl)nc(-c3cccc4ccccc34)n2)cc1. The molecule has 0 radical (unpaired) electrons. The van der Waals surface area contributed by atoms with Crippen molar-refractivity contribution in [1.82, 2.24) is 15.0 Å². The van der Waals surface area contributed by atoms with Gasteiger partial charge in [-0.2, -0.15) is 9.97 Å². The third-order valence-corrected chi connectivity index (χ3v) is 3.91. The molecule has 3 nitrogen and oxygen atoms in total. The Morgan fingerprint density at radius 3 is 2.25 bits per heavy atom. The minimum absolute atomic E-state index is 0.104. The second kappa shape index (κ2) is 5.98. The van der Waals surface area contributed by atoms with Gasteiger partial charge in [0.1, 0.15) is 5.82 Å². The van der Waals surface area contributed by atoms with Crippen LogP contribution in [0.4, 0.5) is 4.39 Å². The molecule has 0 saturated carbocycles. The van der Waals surface area contributed by atoms with Gasteiger partial charge in [-0.25, -0.2) is 9.37 Å². The lowest BCUT2D eigenvalue weighted by molar-refractivity contribution is 0.628. The van der Waals surface area contributed by atoms with E-state index >= 15 is 0 Å². The summed E-state index contributed by atoms with van der Waals surface area (Å²) in [6, 6.07) is 19.9. The second-order valence-corrected chi connectivity index (χ2v) is 5.62. The number of hydrogen-bond donors (Lipinski definition) is 0. The van der Waals surface area contributed by atoms with Gasteiger partial charge in [-0.05, 0) is 46.6 Å². The highest BCUT2D eigenvalue weighted by Gasteiger charge is 2.11. The summed E-state index contributed by atoms with van der Waals surface area (Å²) in [5.41, 5.74) is 1.56. The van der Waals surface area contributed by atoms with E-state index in [9.17, 15) is 4.39 Å². The maximum Gasteiger partial charge on any atom is 0.226 e. The molecule has 0 fully saturated rings. The number of benzene rings is 3. The summed E-state index contributed by atoms with van der Waals surface area (Å²) in [6.07, 6.45) is 0. The van der Waals surface area contributed by atoms with Crippen molar-refractivity contribution >= 4 is 22.4 Å². The number of halogens is 2. The van der Waals surface area contributed by atoms with Gasteiger partial charge in [-0.1, -0.05) is 42.5 Å². The van der Waals surface area contributed by atoms with Crippen LogP contribution in [-0.2, 0) is 0 Å². The minimum Gasteiger partial charge on any atom is -0.208 e. The lowest BCUT2D eigenvalue weighted by Crippen LogP contribution is -1.97. The number of aromatic nitrogens is 3. The Balaban J connectivity index is 1.91. The lowest BCUT2D eigenvalue weighted by atomic mass is 10.0. The van der Waals surface area contributed by atoms with E-state index in [1.165, 1.54) is 12.1 Å². The van der Waals surface area contributed by atoms with Crippen molar-refractivity contribution in [1.29, 1.82) is 0 Å². The van der Waals surface area contributed by atoms with Gasteiger partial charge in [0.15, 0.2) is 11.6 Å². The molecular weight excluding hydrogens is 325 g/mol. The van der Waals surface area contributed by atoms with Crippen LogP contribution in [-0.4, -0.2) is 15.0 Å². The van der Waals surface area contributed by atoms with Crippen molar-refractivity contribution < 1.29 is 4.39 Å². The molecule has 0 aliphatic heterocycles. The summed E-state index contributed by atoms with van der Waals surface area (Å²) in [4.78, 5) is 13.0. The summed E-state index contributed by atoms with van der Waals surface area (Å²) in [5, 5.41) is 2.23. The fourth-order valence-corrected chi connectivity index (χ4v) is 2.78. The van der Waals surface area contributed by atoms with E-state index in [2.05, 4.69) is 15.0 Å². The fraction of sp³-hybridized carbons (Fsp3) is 0. The van der Waals surface area contributed by atoms with Crippen LogP contribution in [0.3, 0.4) is 0 Å². The molecule has 0 aliphatic rings. The van der Waals surface area contributed by atoms with E-state index in [0.717, 1.165) is 16.3 Å². The van der Waals surface area contributed by atoms with Crippen LogP contribution in [0.2, 0.25) is 5.28 Å². The Morgan fingerprint density at radius 1 is 0.708 bits per heavy atom. The van der Waals surface area contributed by atoms with Crippen LogP contribution in [0.25, 0.3) is 33.5 Å². The topological polar surface area (TPSA) is 38.7 Å². The molecule has 0 saturated heterocycles. The zero-order chi connectivity index (χ0) is 16.5. The van der Waals surface area contributed by atoms with Crippen molar-refractivity contribution in [3.8, 4) is 22.8 Å². The third kappa shape index (κ3) is 2.72. The van der Waals surface area contributed by atoms with Crippen molar-refractivity contribution in [2.24, 2.45) is 0 Å². The predicted molar refractivity (Wildman–Crippen MR) is 93.2 cm³/mol. The molecule has 1 aromatic heterocycles. The standard InChI is InChI=1S/C19H11ClFN3/c20-19-23-17(13-8-10-14(21)11-9-13)22-18(24-19)16-7-3-5-12-4-1-2-6-15(12)16/h1-11H. The maximum absolute atomic E-state index is 13.1. The van der Waals surface area contributed by atoms with E-state index in [4.69, 9.17) is 11.6 Å². The minimum atomic E-state index is -0.312. The van der Waals surface area contributed by atoms with E-state index in [1.54, 1.807) is 12.1 Å². The maximum atomic E-state index is 13.1. The van der Waals surface area contributed by atoms with Gasteiger partial charge < -0.3 is 0 Å². The Kier molecular flexibility index (Phi) is 3.67. The van der Waals surface area contributed by atoms with E-state index in [1.807, 2.05) is 42.5 Å². The molecule has 0 N–H and O–H groups in total. The number of hydrogen-bond acceptors (Lipinski definition) is 3. The average Bonchev–Trinajstić information content (AvgIpc) is 2.61.